The average Bonchev–Trinajstić information content (AvgIpc) is 3.22. The molecule has 0 radical (unpaired) electrons. The van der Waals surface area contributed by atoms with Gasteiger partial charge in [0.1, 0.15) is 10.6 Å². The molecule has 2 heterocycles. The number of aromatic nitrogens is 1. The highest BCUT2D eigenvalue weighted by molar-refractivity contribution is 7.15. The molecule has 1 N–H and O–H groups in total. The summed E-state index contributed by atoms with van der Waals surface area (Å²) in [5.41, 5.74) is 3.85. The van der Waals surface area contributed by atoms with Crippen molar-refractivity contribution in [1.29, 1.82) is 0 Å². The summed E-state index contributed by atoms with van der Waals surface area (Å²) in [6.07, 6.45) is -0.174. The van der Waals surface area contributed by atoms with Gasteiger partial charge in [-0.15, -0.1) is 11.3 Å². The van der Waals surface area contributed by atoms with E-state index in [4.69, 9.17) is 4.42 Å². The number of hydrogen-bond acceptors (Lipinski definition) is 5. The van der Waals surface area contributed by atoms with Gasteiger partial charge in [-0.3, -0.25) is 4.79 Å². The van der Waals surface area contributed by atoms with Gasteiger partial charge in [0.05, 0.1) is 17.7 Å². The van der Waals surface area contributed by atoms with Crippen molar-refractivity contribution in [2.45, 2.75) is 6.42 Å². The van der Waals surface area contributed by atoms with Crippen LogP contribution in [0.2, 0.25) is 0 Å². The Kier molecular flexibility index (Phi) is 5.13. The summed E-state index contributed by atoms with van der Waals surface area (Å²) in [4.78, 5) is 29.3. The highest BCUT2D eigenvalue weighted by Gasteiger charge is 2.19. The number of hydrogen-bond donors (Lipinski definition) is 1. The molecule has 5 nitrogen and oxygen atoms in total. The largest absolute Gasteiger partial charge is 0.481 e. The second-order valence-corrected chi connectivity index (χ2v) is 8.37. The van der Waals surface area contributed by atoms with E-state index in [2.05, 4.69) is 4.98 Å². The summed E-state index contributed by atoms with van der Waals surface area (Å²) < 4.78 is 5.44. The first-order chi connectivity index (χ1) is 15.6. The van der Waals surface area contributed by atoms with Gasteiger partial charge in [0.2, 0.25) is 0 Å². The van der Waals surface area contributed by atoms with Crippen molar-refractivity contribution >= 4 is 28.3 Å². The van der Waals surface area contributed by atoms with E-state index in [1.54, 1.807) is 18.2 Å². The Balaban J connectivity index is 1.60. The molecule has 0 saturated carbocycles. The molecule has 0 fully saturated rings. The first kappa shape index (κ1) is 19.9. The van der Waals surface area contributed by atoms with E-state index in [0.717, 1.165) is 22.1 Å². The smallest absolute Gasteiger partial charge is 0.346 e. The molecule has 32 heavy (non-hydrogen) atoms. The molecule has 0 aliphatic rings. The summed E-state index contributed by atoms with van der Waals surface area (Å²) in [7, 11) is 0. The predicted molar refractivity (Wildman–Crippen MR) is 126 cm³/mol. The molecule has 0 aliphatic carbocycles. The molecular formula is C26H17NO4S. The van der Waals surface area contributed by atoms with Crippen LogP contribution >= 0.6 is 11.3 Å². The summed E-state index contributed by atoms with van der Waals surface area (Å²) in [5.74, 6) is -0.951. The zero-order valence-corrected chi connectivity index (χ0v) is 17.6. The van der Waals surface area contributed by atoms with E-state index in [1.807, 2.05) is 66.7 Å². The molecule has 3 aromatic carbocycles. The highest BCUT2D eigenvalue weighted by Crippen LogP contribution is 2.35. The van der Waals surface area contributed by atoms with Crippen LogP contribution in [0.1, 0.15) is 4.88 Å². The minimum absolute atomic E-state index is 0.174. The number of para-hydroxylation sites is 1. The molecule has 0 bridgehead atoms. The lowest BCUT2D eigenvalue weighted by Gasteiger charge is -2.04. The Bertz CT molecular complexity index is 1480. The van der Waals surface area contributed by atoms with Crippen molar-refractivity contribution in [1.82, 2.24) is 4.98 Å². The molecule has 0 atom stereocenters. The van der Waals surface area contributed by atoms with Crippen molar-refractivity contribution < 1.29 is 14.3 Å². The number of rotatable bonds is 5. The fourth-order valence-electron chi connectivity index (χ4n) is 3.61. The first-order valence-corrected chi connectivity index (χ1v) is 10.8. The summed E-state index contributed by atoms with van der Waals surface area (Å²) in [6.45, 7) is 0. The van der Waals surface area contributed by atoms with Crippen LogP contribution in [0.5, 0.6) is 0 Å². The topological polar surface area (TPSA) is 80.4 Å². The van der Waals surface area contributed by atoms with E-state index in [0.29, 0.717) is 26.7 Å². The maximum absolute atomic E-state index is 12.6. The monoisotopic (exact) mass is 439 g/mol. The van der Waals surface area contributed by atoms with Gasteiger partial charge >= 0.3 is 11.6 Å². The molecule has 0 aliphatic heterocycles. The number of carboxylic acid groups (broad SMARTS) is 1. The van der Waals surface area contributed by atoms with Gasteiger partial charge in [0.25, 0.3) is 0 Å². The molecule has 5 rings (SSSR count). The number of benzene rings is 3. The van der Waals surface area contributed by atoms with Crippen molar-refractivity contribution in [2.75, 3.05) is 0 Å². The van der Waals surface area contributed by atoms with E-state index in [-0.39, 0.29) is 6.42 Å². The standard InChI is InChI=1S/C26H17NO4S/c28-23(29)15-22-24(18-12-10-17(11-13-18)16-6-2-1-3-7-16)27-25(32-22)20-14-19-8-4-5-9-21(19)31-26(20)30/h1-14H,15H2,(H,28,29). The quantitative estimate of drug-likeness (QED) is 0.346. The zero-order valence-electron chi connectivity index (χ0n) is 16.8. The highest BCUT2D eigenvalue weighted by atomic mass is 32.1. The fourth-order valence-corrected chi connectivity index (χ4v) is 4.69. The van der Waals surface area contributed by atoms with Crippen LogP contribution in [-0.4, -0.2) is 16.1 Å². The van der Waals surface area contributed by atoms with Crippen molar-refractivity contribution in [3.63, 3.8) is 0 Å². The summed E-state index contributed by atoms with van der Waals surface area (Å²) >= 11 is 1.21. The number of fused-ring (bicyclic) bond motifs is 1. The van der Waals surface area contributed by atoms with Crippen LogP contribution in [0, 0.1) is 0 Å². The molecule has 0 amide bonds. The molecule has 6 heteroatoms. The van der Waals surface area contributed by atoms with Gasteiger partial charge < -0.3 is 9.52 Å². The minimum atomic E-state index is -0.951. The van der Waals surface area contributed by atoms with E-state index < -0.39 is 11.6 Å². The average molecular weight is 439 g/mol. The van der Waals surface area contributed by atoms with Crippen LogP contribution in [0.15, 0.2) is 94.1 Å². The Hall–Kier alpha value is -4.03. The zero-order chi connectivity index (χ0) is 22.1. The summed E-state index contributed by atoms with van der Waals surface area (Å²) in [5, 5.41) is 10.6. The van der Waals surface area contributed by atoms with Crippen LogP contribution in [0.3, 0.4) is 0 Å². The van der Waals surface area contributed by atoms with Crippen LogP contribution in [0.4, 0.5) is 0 Å². The third-order valence-electron chi connectivity index (χ3n) is 5.15. The molecule has 5 aromatic rings. The third-order valence-corrected chi connectivity index (χ3v) is 6.24. The predicted octanol–water partition coefficient (Wildman–Crippen LogP) is 5.88. The maximum atomic E-state index is 12.6. The third kappa shape index (κ3) is 3.84. The van der Waals surface area contributed by atoms with Gasteiger partial charge in [-0.2, -0.15) is 0 Å². The molecular weight excluding hydrogens is 422 g/mol. The number of nitrogens with zero attached hydrogens (tertiary/aromatic N) is 1. The molecule has 0 spiro atoms. The Labute approximate surface area is 187 Å². The number of aliphatic carboxylic acids is 1. The van der Waals surface area contributed by atoms with Crippen molar-refractivity contribution in [3.8, 4) is 33.0 Å². The van der Waals surface area contributed by atoms with E-state index in [9.17, 15) is 14.7 Å². The molecule has 156 valence electrons. The second-order valence-electron chi connectivity index (χ2n) is 7.29. The first-order valence-electron chi connectivity index (χ1n) is 9.99. The van der Waals surface area contributed by atoms with Gasteiger partial charge in [-0.25, -0.2) is 9.78 Å². The number of thiazole rings is 1. The second kappa shape index (κ2) is 8.24. The fraction of sp³-hybridized carbons (Fsp3) is 0.0385. The van der Waals surface area contributed by atoms with Crippen LogP contribution in [-0.2, 0) is 11.2 Å². The lowest BCUT2D eigenvalue weighted by atomic mass is 10.0. The minimum Gasteiger partial charge on any atom is -0.481 e. The van der Waals surface area contributed by atoms with Crippen molar-refractivity contribution in [2.24, 2.45) is 0 Å². The van der Waals surface area contributed by atoms with Crippen LogP contribution in [0.25, 0.3) is 43.9 Å². The number of carboxylic acids is 1. The van der Waals surface area contributed by atoms with Gasteiger partial charge in [-0.05, 0) is 23.3 Å². The van der Waals surface area contributed by atoms with Gasteiger partial charge in [0, 0.05) is 15.8 Å². The van der Waals surface area contributed by atoms with Crippen molar-refractivity contribution in [3.05, 3.63) is 100 Å². The molecule has 0 saturated heterocycles. The Morgan fingerprint density at radius 1 is 0.875 bits per heavy atom. The Morgan fingerprint density at radius 3 is 2.28 bits per heavy atom. The van der Waals surface area contributed by atoms with Gasteiger partial charge in [0.15, 0.2) is 0 Å². The van der Waals surface area contributed by atoms with E-state index >= 15 is 0 Å². The SMILES string of the molecule is O=C(O)Cc1sc(-c2cc3ccccc3oc2=O)nc1-c1ccc(-c2ccccc2)cc1. The van der Waals surface area contributed by atoms with Crippen LogP contribution < -0.4 is 5.63 Å². The Morgan fingerprint density at radius 2 is 1.53 bits per heavy atom. The van der Waals surface area contributed by atoms with E-state index in [1.165, 1.54) is 11.3 Å². The normalized spacial score (nSPS) is 11.0. The number of carbonyl (C=O) groups is 1. The summed E-state index contributed by atoms with van der Waals surface area (Å²) in [6, 6.07) is 26.8. The van der Waals surface area contributed by atoms with Gasteiger partial charge in [-0.1, -0.05) is 72.8 Å². The lowest BCUT2D eigenvalue weighted by molar-refractivity contribution is -0.136. The maximum Gasteiger partial charge on any atom is 0.346 e. The lowest BCUT2D eigenvalue weighted by Crippen LogP contribution is -2.02. The molecule has 0 unspecified atom stereocenters. The molecule has 2 aromatic heterocycles.